The van der Waals surface area contributed by atoms with E-state index >= 15 is 0 Å². The Morgan fingerprint density at radius 2 is 1.76 bits per heavy atom. The van der Waals surface area contributed by atoms with E-state index in [4.69, 9.17) is 18.6 Å². The Hall–Kier alpha value is -3.25. The number of fused-ring (bicyclic) bond motifs is 2. The normalized spacial score (nSPS) is 13.0. The maximum Gasteiger partial charge on any atom is 0.200 e. The predicted molar refractivity (Wildman–Crippen MR) is 131 cm³/mol. The summed E-state index contributed by atoms with van der Waals surface area (Å²) in [5.74, 6) is 2.07. The van der Waals surface area contributed by atoms with Crippen LogP contribution in [0.3, 0.4) is 0 Å². The molecule has 4 aromatic rings. The van der Waals surface area contributed by atoms with E-state index < -0.39 is 0 Å². The fourth-order valence-electron chi connectivity index (χ4n) is 3.88. The molecule has 2 heterocycles. The Morgan fingerprint density at radius 3 is 2.55 bits per heavy atom. The van der Waals surface area contributed by atoms with Crippen molar-refractivity contribution in [3.8, 4) is 28.4 Å². The summed E-state index contributed by atoms with van der Waals surface area (Å²) in [6.07, 6.45) is 3.07. The largest absolute Gasteiger partial charge is 0.490 e. The number of aryl methyl sites for hydroxylation is 1. The zero-order valence-corrected chi connectivity index (χ0v) is 19.8. The molecule has 6 heteroatoms. The summed E-state index contributed by atoms with van der Waals surface area (Å²) >= 11 is 3.45. The van der Waals surface area contributed by atoms with Crippen molar-refractivity contribution in [2.45, 2.75) is 26.4 Å². The smallest absolute Gasteiger partial charge is 0.200 e. The number of hydrogen-bond donors (Lipinski definition) is 0. The van der Waals surface area contributed by atoms with Gasteiger partial charge >= 0.3 is 0 Å². The van der Waals surface area contributed by atoms with Crippen LogP contribution in [0.5, 0.6) is 17.2 Å². The van der Waals surface area contributed by atoms with Gasteiger partial charge in [-0.15, -0.1) is 0 Å². The van der Waals surface area contributed by atoms with Gasteiger partial charge in [-0.2, -0.15) is 0 Å². The Kier molecular flexibility index (Phi) is 6.09. The second-order valence-electron chi connectivity index (χ2n) is 7.92. The van der Waals surface area contributed by atoms with Crippen molar-refractivity contribution in [3.05, 3.63) is 86.7 Å². The van der Waals surface area contributed by atoms with Crippen LogP contribution in [0, 0.1) is 0 Å². The van der Waals surface area contributed by atoms with Gasteiger partial charge in [0.05, 0.1) is 24.2 Å². The van der Waals surface area contributed by atoms with Gasteiger partial charge < -0.3 is 18.6 Å². The van der Waals surface area contributed by atoms with Crippen LogP contribution in [0.2, 0.25) is 0 Å². The van der Waals surface area contributed by atoms with Crippen LogP contribution in [0.1, 0.15) is 24.5 Å². The molecule has 33 heavy (non-hydrogen) atoms. The van der Waals surface area contributed by atoms with E-state index in [1.165, 1.54) is 6.26 Å². The molecule has 0 aliphatic carbocycles. The lowest BCUT2D eigenvalue weighted by molar-refractivity contribution is 0.297. The summed E-state index contributed by atoms with van der Waals surface area (Å²) in [7, 11) is 0. The lowest BCUT2D eigenvalue weighted by Crippen LogP contribution is -2.07. The first kappa shape index (κ1) is 21.6. The molecule has 0 spiro atoms. The first-order chi connectivity index (χ1) is 16.1. The van der Waals surface area contributed by atoms with Gasteiger partial charge in [0.25, 0.3) is 0 Å². The van der Waals surface area contributed by atoms with Gasteiger partial charge in [-0.05, 0) is 53.4 Å². The highest BCUT2D eigenvalue weighted by molar-refractivity contribution is 9.10. The van der Waals surface area contributed by atoms with Crippen LogP contribution < -0.4 is 19.6 Å². The Morgan fingerprint density at radius 1 is 0.970 bits per heavy atom. The van der Waals surface area contributed by atoms with E-state index in [0.29, 0.717) is 47.9 Å². The van der Waals surface area contributed by atoms with E-state index in [0.717, 1.165) is 39.8 Å². The van der Waals surface area contributed by atoms with Gasteiger partial charge in [0.1, 0.15) is 24.2 Å². The standard InChI is InChI=1S/C27H23BrO5/c1-2-18-12-21-25(14-24(18)32-15-17-4-7-20(28)8-5-17)33-16-22(27(21)29)19-6-9-23-26(13-19)31-11-3-10-30-23/h4-9,12-14,16H,2-3,10-11,15H2,1H3. The van der Waals surface area contributed by atoms with Crippen LogP contribution in [0.25, 0.3) is 22.1 Å². The Balaban J connectivity index is 1.49. The van der Waals surface area contributed by atoms with E-state index in [1.807, 2.05) is 61.5 Å². The van der Waals surface area contributed by atoms with Gasteiger partial charge in [-0.3, -0.25) is 4.79 Å². The van der Waals surface area contributed by atoms with Gasteiger partial charge in [0, 0.05) is 17.0 Å². The van der Waals surface area contributed by atoms with E-state index in [9.17, 15) is 4.79 Å². The minimum absolute atomic E-state index is 0.0834. The second-order valence-corrected chi connectivity index (χ2v) is 8.83. The summed E-state index contributed by atoms with van der Waals surface area (Å²) in [6, 6.07) is 17.2. The molecule has 3 aromatic carbocycles. The molecule has 0 atom stereocenters. The summed E-state index contributed by atoms with van der Waals surface area (Å²) < 4.78 is 24.5. The zero-order chi connectivity index (χ0) is 22.8. The number of benzene rings is 3. The van der Waals surface area contributed by atoms with Crippen LogP contribution in [-0.4, -0.2) is 13.2 Å². The van der Waals surface area contributed by atoms with Gasteiger partial charge in [0.15, 0.2) is 11.5 Å². The third-order valence-corrected chi connectivity index (χ3v) is 6.23. The lowest BCUT2D eigenvalue weighted by atomic mass is 10.0. The fraction of sp³-hybridized carbons (Fsp3) is 0.222. The van der Waals surface area contributed by atoms with E-state index in [-0.39, 0.29) is 5.43 Å². The van der Waals surface area contributed by atoms with Crippen LogP contribution >= 0.6 is 15.9 Å². The molecule has 0 saturated carbocycles. The number of ether oxygens (including phenoxy) is 3. The predicted octanol–water partition coefficient (Wildman–Crippen LogP) is 6.53. The number of rotatable bonds is 5. The van der Waals surface area contributed by atoms with Crippen molar-refractivity contribution in [2.75, 3.05) is 13.2 Å². The van der Waals surface area contributed by atoms with Crippen molar-refractivity contribution in [1.82, 2.24) is 0 Å². The van der Waals surface area contributed by atoms with Crippen molar-refractivity contribution in [1.29, 1.82) is 0 Å². The van der Waals surface area contributed by atoms with Gasteiger partial charge in [0.2, 0.25) is 5.43 Å². The highest BCUT2D eigenvalue weighted by Gasteiger charge is 2.16. The maximum atomic E-state index is 13.4. The third kappa shape index (κ3) is 4.48. The molecule has 1 aliphatic rings. The molecule has 5 rings (SSSR count). The molecule has 0 radical (unpaired) electrons. The van der Waals surface area contributed by atoms with E-state index in [2.05, 4.69) is 15.9 Å². The summed E-state index contributed by atoms with van der Waals surface area (Å²) in [5, 5.41) is 0.535. The van der Waals surface area contributed by atoms with Crippen LogP contribution in [-0.2, 0) is 13.0 Å². The fourth-order valence-corrected chi connectivity index (χ4v) is 4.15. The molecule has 0 unspecified atom stereocenters. The molecule has 0 bridgehead atoms. The topological polar surface area (TPSA) is 57.9 Å². The molecule has 5 nitrogen and oxygen atoms in total. The van der Waals surface area contributed by atoms with Gasteiger partial charge in [-0.25, -0.2) is 0 Å². The maximum absolute atomic E-state index is 13.4. The molecule has 168 valence electrons. The molecule has 1 aromatic heterocycles. The number of hydrogen-bond acceptors (Lipinski definition) is 5. The molecule has 1 aliphatic heterocycles. The first-order valence-electron chi connectivity index (χ1n) is 11.0. The molecule has 0 amide bonds. The highest BCUT2D eigenvalue weighted by Crippen LogP contribution is 2.34. The lowest BCUT2D eigenvalue weighted by Gasteiger charge is -2.13. The summed E-state index contributed by atoms with van der Waals surface area (Å²) in [6.45, 7) is 3.69. The molecular formula is C27H23BrO5. The molecule has 0 saturated heterocycles. The molecular weight excluding hydrogens is 484 g/mol. The monoisotopic (exact) mass is 506 g/mol. The van der Waals surface area contributed by atoms with Gasteiger partial charge in [-0.1, -0.05) is 41.1 Å². The minimum atomic E-state index is -0.0834. The van der Waals surface area contributed by atoms with Crippen molar-refractivity contribution in [2.24, 2.45) is 0 Å². The van der Waals surface area contributed by atoms with Crippen LogP contribution in [0.15, 0.2) is 74.5 Å². The van der Waals surface area contributed by atoms with Crippen molar-refractivity contribution in [3.63, 3.8) is 0 Å². The summed E-state index contributed by atoms with van der Waals surface area (Å²) in [4.78, 5) is 13.4. The molecule has 0 N–H and O–H groups in total. The van der Waals surface area contributed by atoms with E-state index in [1.54, 1.807) is 0 Å². The Labute approximate surface area is 200 Å². The molecule has 0 fully saturated rings. The van der Waals surface area contributed by atoms with Crippen molar-refractivity contribution >= 4 is 26.9 Å². The third-order valence-electron chi connectivity index (χ3n) is 5.70. The highest BCUT2D eigenvalue weighted by atomic mass is 79.9. The average Bonchev–Trinajstić information content (AvgIpc) is 3.08. The first-order valence-corrected chi connectivity index (χ1v) is 11.8. The minimum Gasteiger partial charge on any atom is -0.490 e. The van der Waals surface area contributed by atoms with Crippen LogP contribution in [0.4, 0.5) is 0 Å². The second kappa shape index (κ2) is 9.32. The Bertz CT molecular complexity index is 1360. The van der Waals surface area contributed by atoms with Crippen molar-refractivity contribution < 1.29 is 18.6 Å². The quantitative estimate of drug-likeness (QED) is 0.308. The summed E-state index contributed by atoms with van der Waals surface area (Å²) in [5.41, 5.74) is 3.67. The average molecular weight is 507 g/mol. The number of halogens is 1. The SMILES string of the molecule is CCc1cc2c(=O)c(-c3ccc4c(c3)OCCCO4)coc2cc1OCc1ccc(Br)cc1. The zero-order valence-electron chi connectivity index (χ0n) is 18.2.